The molecule has 2 aromatic rings. The number of thiazole rings is 1. The average Bonchev–Trinajstić information content (AvgIpc) is 3.20. The number of nitrogens with zero attached hydrogens (tertiary/aromatic N) is 2. The number of hydrogen-bond acceptors (Lipinski definition) is 7. The molecule has 0 unspecified atom stereocenters. The van der Waals surface area contributed by atoms with Crippen molar-refractivity contribution in [3.63, 3.8) is 0 Å². The zero-order valence-corrected chi connectivity index (χ0v) is 17.3. The first-order valence-corrected chi connectivity index (χ1v) is 10.0. The van der Waals surface area contributed by atoms with E-state index in [0.29, 0.717) is 6.42 Å². The Kier molecular flexibility index (Phi) is 5.88. The second kappa shape index (κ2) is 8.18. The molecule has 150 valence electrons. The van der Waals surface area contributed by atoms with Gasteiger partial charge in [-0.05, 0) is 32.9 Å². The molecule has 8 heteroatoms. The lowest BCUT2D eigenvalue weighted by Gasteiger charge is -2.27. The van der Waals surface area contributed by atoms with Crippen LogP contribution in [0.15, 0.2) is 35.7 Å². The second-order valence-electron chi connectivity index (χ2n) is 7.68. The molecule has 1 aliphatic heterocycles. The third-order valence-corrected chi connectivity index (χ3v) is 4.89. The molecule has 1 saturated heterocycles. The molecule has 1 aromatic heterocycles. The van der Waals surface area contributed by atoms with Crippen LogP contribution in [0.3, 0.4) is 0 Å². The molecule has 0 spiro atoms. The first kappa shape index (κ1) is 20.1. The van der Waals surface area contributed by atoms with E-state index >= 15 is 0 Å². The van der Waals surface area contributed by atoms with Gasteiger partial charge in [0.15, 0.2) is 5.13 Å². The first-order valence-electron chi connectivity index (χ1n) is 9.15. The molecule has 1 fully saturated rings. The Hall–Kier alpha value is -2.61. The molecule has 1 amide bonds. The summed E-state index contributed by atoms with van der Waals surface area (Å²) >= 11 is 1.46. The van der Waals surface area contributed by atoms with E-state index in [2.05, 4.69) is 10.3 Å². The summed E-state index contributed by atoms with van der Waals surface area (Å²) in [6, 6.07) is 9.46. The topological polar surface area (TPSA) is 80.8 Å². The summed E-state index contributed by atoms with van der Waals surface area (Å²) in [6.45, 7) is 7.13. The van der Waals surface area contributed by atoms with Crippen LogP contribution in [0.2, 0.25) is 0 Å². The van der Waals surface area contributed by atoms with Gasteiger partial charge in [-0.1, -0.05) is 18.2 Å². The number of carbonyl (C=O) groups excluding carboxylic acids is 2. The number of ether oxygens (including phenoxy) is 2. The number of aromatic nitrogens is 1. The van der Waals surface area contributed by atoms with E-state index in [4.69, 9.17) is 9.47 Å². The van der Waals surface area contributed by atoms with Crippen LogP contribution in [0.1, 0.15) is 45.9 Å². The number of benzene rings is 1. The molecule has 3 rings (SSSR count). The molecule has 0 radical (unpaired) electrons. The zero-order valence-electron chi connectivity index (χ0n) is 16.5. The van der Waals surface area contributed by atoms with E-state index in [1.165, 1.54) is 18.3 Å². The van der Waals surface area contributed by atoms with Gasteiger partial charge in [0.1, 0.15) is 11.7 Å². The quantitative estimate of drug-likeness (QED) is 0.757. The van der Waals surface area contributed by atoms with Gasteiger partial charge in [0, 0.05) is 24.4 Å². The maximum Gasteiger partial charge on any atom is 0.410 e. The van der Waals surface area contributed by atoms with Crippen LogP contribution in [0.5, 0.6) is 0 Å². The fraction of sp³-hybridized carbons (Fsp3) is 0.450. The normalized spacial score (nSPS) is 19.4. The third kappa shape index (κ3) is 5.22. The summed E-state index contributed by atoms with van der Waals surface area (Å²) in [5, 5.41) is 5.92. The van der Waals surface area contributed by atoms with E-state index < -0.39 is 11.7 Å². The third-order valence-electron chi connectivity index (χ3n) is 4.11. The zero-order chi connectivity index (χ0) is 20.3. The van der Waals surface area contributed by atoms with Crippen molar-refractivity contribution >= 4 is 34.2 Å². The van der Waals surface area contributed by atoms with Crippen LogP contribution in [0.25, 0.3) is 0 Å². The van der Waals surface area contributed by atoms with Crippen molar-refractivity contribution in [2.45, 2.75) is 51.9 Å². The van der Waals surface area contributed by atoms with Crippen molar-refractivity contribution in [2.75, 3.05) is 11.9 Å². The minimum absolute atomic E-state index is 0.290. The fourth-order valence-corrected chi connectivity index (χ4v) is 3.84. The van der Waals surface area contributed by atoms with Gasteiger partial charge in [0.2, 0.25) is 0 Å². The van der Waals surface area contributed by atoms with Gasteiger partial charge in [0.25, 0.3) is 0 Å². The number of carbonyl (C=O) groups is 2. The molecule has 0 saturated carbocycles. The van der Waals surface area contributed by atoms with E-state index in [0.717, 1.165) is 16.5 Å². The Bertz CT molecular complexity index is 831. The summed E-state index contributed by atoms with van der Waals surface area (Å²) in [5.74, 6) is -0.362. The molecule has 1 N–H and O–H groups in total. The lowest BCUT2D eigenvalue weighted by molar-refractivity contribution is -0.145. The summed E-state index contributed by atoms with van der Waals surface area (Å²) in [5.41, 5.74) is 1.09. The summed E-state index contributed by atoms with van der Waals surface area (Å²) in [6.07, 6.45) is -0.312. The van der Waals surface area contributed by atoms with Gasteiger partial charge < -0.3 is 14.8 Å². The SMILES string of the molecule is CC(=O)O[C@@H]1C[C@@H](c2csc(Nc3ccccc3)n2)N(C(=O)OC(C)(C)C)C1. The lowest BCUT2D eigenvalue weighted by atomic mass is 10.1. The molecule has 1 aliphatic rings. The predicted octanol–water partition coefficient (Wildman–Crippen LogP) is 4.50. The van der Waals surface area contributed by atoms with Gasteiger partial charge >= 0.3 is 12.1 Å². The maximum absolute atomic E-state index is 12.7. The standard InChI is InChI=1S/C20H25N3O4S/c1-13(24)26-15-10-17(23(11-15)19(25)27-20(2,3)4)16-12-28-18(22-16)21-14-8-6-5-7-9-14/h5-9,12,15,17H,10-11H2,1-4H3,(H,21,22)/t15-,17+/m1/s1. The van der Waals surface area contributed by atoms with Crippen LogP contribution in [0, 0.1) is 0 Å². The summed E-state index contributed by atoms with van der Waals surface area (Å²) < 4.78 is 10.9. The molecule has 0 aliphatic carbocycles. The number of amides is 1. The van der Waals surface area contributed by atoms with E-state index in [-0.39, 0.29) is 24.7 Å². The Morgan fingerprint density at radius 3 is 2.61 bits per heavy atom. The lowest BCUT2D eigenvalue weighted by Crippen LogP contribution is -2.37. The van der Waals surface area contributed by atoms with Crippen LogP contribution < -0.4 is 5.32 Å². The highest BCUT2D eigenvalue weighted by Gasteiger charge is 2.41. The minimum atomic E-state index is -0.608. The molecule has 2 heterocycles. The minimum Gasteiger partial charge on any atom is -0.461 e. The number of para-hydroxylation sites is 1. The number of hydrogen-bond donors (Lipinski definition) is 1. The van der Waals surface area contributed by atoms with Crippen molar-refractivity contribution in [3.05, 3.63) is 41.4 Å². The predicted molar refractivity (Wildman–Crippen MR) is 108 cm³/mol. The largest absolute Gasteiger partial charge is 0.461 e. The van der Waals surface area contributed by atoms with Crippen LogP contribution in [-0.4, -0.2) is 40.2 Å². The fourth-order valence-electron chi connectivity index (χ4n) is 3.06. The maximum atomic E-state index is 12.7. The van der Waals surface area contributed by atoms with Crippen molar-refractivity contribution in [1.29, 1.82) is 0 Å². The molecule has 2 atom stereocenters. The van der Waals surface area contributed by atoms with Crippen molar-refractivity contribution in [1.82, 2.24) is 9.88 Å². The van der Waals surface area contributed by atoms with Crippen molar-refractivity contribution < 1.29 is 19.1 Å². The Labute approximate surface area is 168 Å². The van der Waals surface area contributed by atoms with Gasteiger partial charge in [-0.2, -0.15) is 0 Å². The highest BCUT2D eigenvalue weighted by molar-refractivity contribution is 7.13. The van der Waals surface area contributed by atoms with Crippen LogP contribution in [0.4, 0.5) is 15.6 Å². The van der Waals surface area contributed by atoms with Crippen molar-refractivity contribution in [3.8, 4) is 0 Å². The Morgan fingerprint density at radius 2 is 1.96 bits per heavy atom. The van der Waals surface area contributed by atoms with Gasteiger partial charge in [-0.15, -0.1) is 11.3 Å². The molecule has 1 aromatic carbocycles. The molecule has 0 bridgehead atoms. The highest BCUT2D eigenvalue weighted by atomic mass is 32.1. The summed E-state index contributed by atoms with van der Waals surface area (Å²) in [7, 11) is 0. The molecule has 7 nitrogen and oxygen atoms in total. The molecular formula is C20H25N3O4S. The highest BCUT2D eigenvalue weighted by Crippen LogP contribution is 2.36. The van der Waals surface area contributed by atoms with E-state index in [1.54, 1.807) is 4.90 Å². The number of rotatable bonds is 4. The van der Waals surface area contributed by atoms with Crippen molar-refractivity contribution in [2.24, 2.45) is 0 Å². The van der Waals surface area contributed by atoms with Gasteiger partial charge in [-0.25, -0.2) is 9.78 Å². The monoisotopic (exact) mass is 403 g/mol. The molecular weight excluding hydrogens is 378 g/mol. The van der Waals surface area contributed by atoms with Crippen LogP contribution in [-0.2, 0) is 14.3 Å². The number of anilines is 2. The average molecular weight is 404 g/mol. The Morgan fingerprint density at radius 1 is 1.25 bits per heavy atom. The number of likely N-dealkylation sites (tertiary alicyclic amines) is 1. The summed E-state index contributed by atoms with van der Waals surface area (Å²) in [4.78, 5) is 30.3. The smallest absolute Gasteiger partial charge is 0.410 e. The number of nitrogens with one attached hydrogen (secondary N) is 1. The number of esters is 1. The Balaban J connectivity index is 1.78. The molecule has 28 heavy (non-hydrogen) atoms. The van der Waals surface area contributed by atoms with Crippen LogP contribution >= 0.6 is 11.3 Å². The van der Waals surface area contributed by atoms with E-state index in [1.807, 2.05) is 56.5 Å². The second-order valence-corrected chi connectivity index (χ2v) is 8.54. The van der Waals surface area contributed by atoms with Gasteiger partial charge in [0.05, 0.1) is 18.3 Å². The van der Waals surface area contributed by atoms with E-state index in [9.17, 15) is 9.59 Å². The van der Waals surface area contributed by atoms with Gasteiger partial charge in [-0.3, -0.25) is 9.69 Å². The first-order chi connectivity index (χ1) is 13.2.